The molecule has 2 aromatic heterocycles. The molecule has 2 rings (SSSR count). The van der Waals surface area contributed by atoms with E-state index in [1.165, 1.54) is 0 Å². The Balaban J connectivity index is 2.33. The van der Waals surface area contributed by atoms with Gasteiger partial charge in [-0.15, -0.1) is 0 Å². The van der Waals surface area contributed by atoms with E-state index in [9.17, 15) is 4.79 Å². The fourth-order valence-electron chi connectivity index (χ4n) is 2.31. The van der Waals surface area contributed by atoms with Crippen LogP contribution in [0.4, 0.5) is 0 Å². The highest BCUT2D eigenvalue weighted by Crippen LogP contribution is 2.22. The molecule has 0 aliphatic heterocycles. The van der Waals surface area contributed by atoms with E-state index in [0.29, 0.717) is 17.8 Å². The molecular weight excluding hydrogens is 254 g/mol. The van der Waals surface area contributed by atoms with Crippen molar-refractivity contribution >= 4 is 5.97 Å². The molecule has 0 aromatic carbocycles. The summed E-state index contributed by atoms with van der Waals surface area (Å²) in [6, 6.07) is 3.84. The van der Waals surface area contributed by atoms with Gasteiger partial charge >= 0.3 is 5.97 Å². The van der Waals surface area contributed by atoms with Gasteiger partial charge in [-0.3, -0.25) is 9.78 Å². The molecule has 0 amide bonds. The highest BCUT2D eigenvalue weighted by molar-refractivity contribution is 5.76. The Morgan fingerprint density at radius 2 is 1.95 bits per heavy atom. The lowest BCUT2D eigenvalue weighted by Crippen LogP contribution is -2.14. The highest BCUT2D eigenvalue weighted by Gasteiger charge is 2.20. The van der Waals surface area contributed by atoms with Crippen molar-refractivity contribution in [3.63, 3.8) is 0 Å². The fraction of sp³-hybridized carbons (Fsp3) is 0.333. The molecule has 0 aliphatic carbocycles. The number of hydrogen-bond donors (Lipinski definition) is 1. The Kier molecular flexibility index (Phi) is 4.08. The van der Waals surface area contributed by atoms with Gasteiger partial charge in [0.1, 0.15) is 5.82 Å². The SMILES string of the molecule is Cc1nc(Cc2cccnc2)nc(C)c1C(C)C(=O)O. The second kappa shape index (κ2) is 5.77. The Labute approximate surface area is 117 Å². The van der Waals surface area contributed by atoms with Gasteiger partial charge in [0.25, 0.3) is 0 Å². The third kappa shape index (κ3) is 2.99. The second-order valence-corrected chi connectivity index (χ2v) is 4.82. The van der Waals surface area contributed by atoms with E-state index in [-0.39, 0.29) is 0 Å². The predicted molar refractivity (Wildman–Crippen MR) is 74.6 cm³/mol. The number of carboxylic acid groups (broad SMARTS) is 1. The number of aliphatic carboxylic acids is 1. The van der Waals surface area contributed by atoms with Crippen molar-refractivity contribution in [2.75, 3.05) is 0 Å². The maximum absolute atomic E-state index is 11.1. The molecule has 0 bridgehead atoms. The van der Waals surface area contributed by atoms with Crippen LogP contribution in [0.5, 0.6) is 0 Å². The van der Waals surface area contributed by atoms with Crippen LogP contribution in [-0.2, 0) is 11.2 Å². The van der Waals surface area contributed by atoms with Crippen molar-refractivity contribution < 1.29 is 9.90 Å². The molecule has 0 aliphatic rings. The van der Waals surface area contributed by atoms with Crippen molar-refractivity contribution in [2.24, 2.45) is 0 Å². The summed E-state index contributed by atoms with van der Waals surface area (Å²) in [6.45, 7) is 5.31. The van der Waals surface area contributed by atoms with Crippen molar-refractivity contribution in [2.45, 2.75) is 33.1 Å². The Bertz CT molecular complexity index is 603. The maximum atomic E-state index is 11.1. The lowest BCUT2D eigenvalue weighted by molar-refractivity contribution is -0.138. The molecule has 20 heavy (non-hydrogen) atoms. The molecule has 5 nitrogen and oxygen atoms in total. The van der Waals surface area contributed by atoms with E-state index >= 15 is 0 Å². The molecule has 0 radical (unpaired) electrons. The molecule has 1 atom stereocenters. The first kappa shape index (κ1) is 14.1. The zero-order valence-corrected chi connectivity index (χ0v) is 11.8. The minimum absolute atomic E-state index is 0.594. The van der Waals surface area contributed by atoms with Crippen LogP contribution in [0.15, 0.2) is 24.5 Å². The fourth-order valence-corrected chi connectivity index (χ4v) is 2.31. The molecule has 0 fully saturated rings. The smallest absolute Gasteiger partial charge is 0.310 e. The zero-order chi connectivity index (χ0) is 14.7. The van der Waals surface area contributed by atoms with E-state index < -0.39 is 11.9 Å². The first-order valence-electron chi connectivity index (χ1n) is 6.44. The summed E-state index contributed by atoms with van der Waals surface area (Å²) < 4.78 is 0. The molecule has 0 saturated carbocycles. The minimum atomic E-state index is -0.861. The van der Waals surface area contributed by atoms with Crippen LogP contribution in [0.25, 0.3) is 0 Å². The average molecular weight is 271 g/mol. The molecule has 1 N–H and O–H groups in total. The normalized spacial score (nSPS) is 12.2. The van der Waals surface area contributed by atoms with Crippen LogP contribution in [0, 0.1) is 13.8 Å². The minimum Gasteiger partial charge on any atom is -0.481 e. The van der Waals surface area contributed by atoms with Gasteiger partial charge < -0.3 is 5.11 Å². The first-order valence-corrected chi connectivity index (χ1v) is 6.44. The monoisotopic (exact) mass is 271 g/mol. The first-order chi connectivity index (χ1) is 9.49. The molecule has 2 aromatic rings. The van der Waals surface area contributed by atoms with Crippen LogP contribution in [0.1, 0.15) is 41.2 Å². The van der Waals surface area contributed by atoms with E-state index in [2.05, 4.69) is 15.0 Å². The van der Waals surface area contributed by atoms with Gasteiger partial charge in [0.05, 0.1) is 5.92 Å². The van der Waals surface area contributed by atoms with Gasteiger partial charge in [0.15, 0.2) is 0 Å². The highest BCUT2D eigenvalue weighted by atomic mass is 16.4. The number of hydrogen-bond acceptors (Lipinski definition) is 4. The zero-order valence-electron chi connectivity index (χ0n) is 11.8. The van der Waals surface area contributed by atoms with Gasteiger partial charge in [-0.1, -0.05) is 6.07 Å². The molecule has 2 heterocycles. The van der Waals surface area contributed by atoms with Crippen LogP contribution in [0.2, 0.25) is 0 Å². The number of carboxylic acids is 1. The number of rotatable bonds is 4. The Morgan fingerprint density at radius 1 is 1.30 bits per heavy atom. The van der Waals surface area contributed by atoms with E-state index in [1.54, 1.807) is 19.3 Å². The lowest BCUT2D eigenvalue weighted by atomic mass is 9.98. The number of pyridine rings is 1. The second-order valence-electron chi connectivity index (χ2n) is 4.82. The summed E-state index contributed by atoms with van der Waals surface area (Å²) in [4.78, 5) is 24.0. The van der Waals surface area contributed by atoms with Gasteiger partial charge in [-0.05, 0) is 32.4 Å². The quantitative estimate of drug-likeness (QED) is 0.923. The van der Waals surface area contributed by atoms with Crippen molar-refractivity contribution in [3.8, 4) is 0 Å². The lowest BCUT2D eigenvalue weighted by Gasteiger charge is -2.14. The Morgan fingerprint density at radius 3 is 2.45 bits per heavy atom. The van der Waals surface area contributed by atoms with E-state index in [0.717, 1.165) is 17.0 Å². The number of carbonyl (C=O) groups is 1. The van der Waals surface area contributed by atoms with Crippen LogP contribution < -0.4 is 0 Å². The van der Waals surface area contributed by atoms with Crippen molar-refractivity contribution in [3.05, 3.63) is 52.9 Å². The summed E-state index contributed by atoms with van der Waals surface area (Å²) in [6.07, 6.45) is 4.09. The largest absolute Gasteiger partial charge is 0.481 e. The number of aryl methyl sites for hydroxylation is 2. The van der Waals surface area contributed by atoms with Crippen LogP contribution >= 0.6 is 0 Å². The number of aromatic nitrogens is 3. The van der Waals surface area contributed by atoms with Gasteiger partial charge in [0.2, 0.25) is 0 Å². The topological polar surface area (TPSA) is 76.0 Å². The summed E-state index contributed by atoms with van der Waals surface area (Å²) in [5.41, 5.74) is 3.19. The van der Waals surface area contributed by atoms with Crippen molar-refractivity contribution in [1.29, 1.82) is 0 Å². The molecule has 0 saturated heterocycles. The summed E-state index contributed by atoms with van der Waals surface area (Å²) in [5.74, 6) is -0.767. The average Bonchev–Trinajstić information content (AvgIpc) is 2.38. The molecule has 104 valence electrons. The summed E-state index contributed by atoms with van der Waals surface area (Å²) in [5, 5.41) is 9.13. The van der Waals surface area contributed by atoms with Gasteiger partial charge in [-0.25, -0.2) is 9.97 Å². The van der Waals surface area contributed by atoms with Gasteiger partial charge in [0, 0.05) is 35.8 Å². The Hall–Kier alpha value is -2.30. The molecule has 0 spiro atoms. The van der Waals surface area contributed by atoms with Crippen molar-refractivity contribution in [1.82, 2.24) is 15.0 Å². The van der Waals surface area contributed by atoms with Crippen LogP contribution in [0.3, 0.4) is 0 Å². The van der Waals surface area contributed by atoms with Crippen LogP contribution in [-0.4, -0.2) is 26.0 Å². The summed E-state index contributed by atoms with van der Waals surface area (Å²) in [7, 11) is 0. The maximum Gasteiger partial charge on any atom is 0.310 e. The van der Waals surface area contributed by atoms with Gasteiger partial charge in [-0.2, -0.15) is 0 Å². The predicted octanol–water partition coefficient (Wildman–Crippen LogP) is 2.27. The van der Waals surface area contributed by atoms with E-state index in [1.807, 2.05) is 26.0 Å². The third-order valence-electron chi connectivity index (χ3n) is 3.26. The molecular formula is C15H17N3O2. The third-order valence-corrected chi connectivity index (χ3v) is 3.26. The number of nitrogens with zero attached hydrogens (tertiary/aromatic N) is 3. The molecule has 1 unspecified atom stereocenters. The van der Waals surface area contributed by atoms with E-state index in [4.69, 9.17) is 5.11 Å². The standard InChI is InChI=1S/C15H17N3O2/c1-9(15(19)20)14-10(2)17-13(18-11(14)3)7-12-5-4-6-16-8-12/h4-6,8-9H,7H2,1-3H3,(H,19,20). The molecule has 5 heteroatoms. The summed E-state index contributed by atoms with van der Waals surface area (Å²) >= 11 is 0.